The van der Waals surface area contributed by atoms with Gasteiger partial charge in [0.25, 0.3) is 0 Å². The molecule has 0 radical (unpaired) electrons. The Bertz CT molecular complexity index is 363. The lowest BCUT2D eigenvalue weighted by atomic mass is 10.2. The van der Waals surface area contributed by atoms with E-state index in [2.05, 4.69) is 10.1 Å². The number of nitrogens with two attached hydrogens (primary N) is 1. The standard InChI is InChI=1S/C9H10N2O3/c1-14-9(13)11-7-4-2-3-6(5-7)8(10)12/h2-5H,1H3,(H2,10,12)(H,11,13). The van der Waals surface area contributed by atoms with Crippen molar-refractivity contribution in [1.82, 2.24) is 0 Å². The lowest BCUT2D eigenvalue weighted by Crippen LogP contribution is -2.13. The second-order valence-electron chi connectivity index (χ2n) is 2.56. The Morgan fingerprint density at radius 1 is 1.43 bits per heavy atom. The fourth-order valence-electron chi connectivity index (χ4n) is 0.919. The van der Waals surface area contributed by atoms with E-state index in [0.29, 0.717) is 11.3 Å². The molecule has 1 aromatic rings. The molecule has 0 fully saturated rings. The van der Waals surface area contributed by atoms with Crippen LogP contribution < -0.4 is 11.1 Å². The number of hydrogen-bond acceptors (Lipinski definition) is 3. The predicted molar refractivity (Wildman–Crippen MR) is 51.0 cm³/mol. The van der Waals surface area contributed by atoms with Crippen LogP contribution in [0.25, 0.3) is 0 Å². The van der Waals surface area contributed by atoms with Gasteiger partial charge in [-0.3, -0.25) is 10.1 Å². The second kappa shape index (κ2) is 4.27. The number of primary amides is 1. The van der Waals surface area contributed by atoms with E-state index < -0.39 is 12.0 Å². The molecule has 14 heavy (non-hydrogen) atoms. The van der Waals surface area contributed by atoms with E-state index in [0.717, 1.165) is 0 Å². The van der Waals surface area contributed by atoms with Crippen LogP contribution in [0.15, 0.2) is 24.3 Å². The highest BCUT2D eigenvalue weighted by Gasteiger charge is 2.03. The summed E-state index contributed by atoms with van der Waals surface area (Å²) in [7, 11) is 1.26. The van der Waals surface area contributed by atoms with Crippen molar-refractivity contribution in [2.75, 3.05) is 12.4 Å². The van der Waals surface area contributed by atoms with Gasteiger partial charge in [0.2, 0.25) is 5.91 Å². The van der Waals surface area contributed by atoms with Crippen molar-refractivity contribution in [3.8, 4) is 0 Å². The zero-order chi connectivity index (χ0) is 10.6. The van der Waals surface area contributed by atoms with Crippen molar-refractivity contribution in [2.24, 2.45) is 5.73 Å². The first-order chi connectivity index (χ1) is 6.63. The third kappa shape index (κ3) is 2.48. The van der Waals surface area contributed by atoms with Crippen molar-refractivity contribution >= 4 is 17.7 Å². The Morgan fingerprint density at radius 2 is 2.14 bits per heavy atom. The Labute approximate surface area is 80.9 Å². The van der Waals surface area contributed by atoms with Crippen LogP contribution in [-0.4, -0.2) is 19.1 Å². The fraction of sp³-hybridized carbons (Fsp3) is 0.111. The average Bonchev–Trinajstić information content (AvgIpc) is 2.18. The molecule has 1 rings (SSSR count). The molecule has 3 N–H and O–H groups in total. The van der Waals surface area contributed by atoms with E-state index in [-0.39, 0.29) is 0 Å². The first kappa shape index (κ1) is 10.0. The average molecular weight is 194 g/mol. The number of hydrogen-bond donors (Lipinski definition) is 2. The summed E-state index contributed by atoms with van der Waals surface area (Å²) in [6, 6.07) is 6.28. The van der Waals surface area contributed by atoms with Crippen LogP contribution in [0.5, 0.6) is 0 Å². The van der Waals surface area contributed by atoms with E-state index in [4.69, 9.17) is 5.73 Å². The molecule has 74 valence electrons. The Morgan fingerprint density at radius 3 is 2.71 bits per heavy atom. The van der Waals surface area contributed by atoms with Gasteiger partial charge in [0, 0.05) is 11.3 Å². The quantitative estimate of drug-likeness (QED) is 0.735. The zero-order valence-electron chi connectivity index (χ0n) is 7.61. The number of benzene rings is 1. The van der Waals surface area contributed by atoms with Gasteiger partial charge in [-0.15, -0.1) is 0 Å². The number of nitrogens with one attached hydrogen (secondary N) is 1. The molecule has 0 aliphatic heterocycles. The summed E-state index contributed by atoms with van der Waals surface area (Å²) in [5.74, 6) is -0.543. The van der Waals surface area contributed by atoms with E-state index in [1.165, 1.54) is 13.2 Å². The molecule has 2 amide bonds. The van der Waals surface area contributed by atoms with Gasteiger partial charge in [-0.05, 0) is 18.2 Å². The largest absolute Gasteiger partial charge is 0.453 e. The molecule has 0 saturated carbocycles. The molecular formula is C9H10N2O3. The second-order valence-corrected chi connectivity index (χ2v) is 2.56. The number of carbonyl (C=O) groups is 2. The number of methoxy groups -OCH3 is 1. The maximum Gasteiger partial charge on any atom is 0.411 e. The molecule has 0 saturated heterocycles. The van der Waals surface area contributed by atoms with Gasteiger partial charge >= 0.3 is 6.09 Å². The van der Waals surface area contributed by atoms with Crippen LogP contribution >= 0.6 is 0 Å². The summed E-state index contributed by atoms with van der Waals surface area (Å²) in [6.45, 7) is 0. The van der Waals surface area contributed by atoms with E-state index in [1.807, 2.05) is 0 Å². The van der Waals surface area contributed by atoms with E-state index in [1.54, 1.807) is 18.2 Å². The van der Waals surface area contributed by atoms with E-state index in [9.17, 15) is 9.59 Å². The van der Waals surface area contributed by atoms with Crippen molar-refractivity contribution in [3.63, 3.8) is 0 Å². The SMILES string of the molecule is COC(=O)Nc1cccc(C(N)=O)c1. The van der Waals surface area contributed by atoms with Crippen molar-refractivity contribution in [1.29, 1.82) is 0 Å². The number of anilines is 1. The van der Waals surface area contributed by atoms with Gasteiger partial charge in [-0.1, -0.05) is 6.07 Å². The molecule has 0 heterocycles. The summed E-state index contributed by atoms with van der Waals surface area (Å²) in [5.41, 5.74) is 5.86. The van der Waals surface area contributed by atoms with Crippen LogP contribution in [-0.2, 0) is 4.74 Å². The molecule has 0 aliphatic carbocycles. The Kier molecular flexibility index (Phi) is 3.06. The monoisotopic (exact) mass is 194 g/mol. The summed E-state index contributed by atoms with van der Waals surface area (Å²) < 4.78 is 4.39. The van der Waals surface area contributed by atoms with Crippen molar-refractivity contribution in [3.05, 3.63) is 29.8 Å². The van der Waals surface area contributed by atoms with Crippen molar-refractivity contribution in [2.45, 2.75) is 0 Å². The Balaban J connectivity index is 2.83. The van der Waals surface area contributed by atoms with Crippen molar-refractivity contribution < 1.29 is 14.3 Å². The summed E-state index contributed by atoms with van der Waals surface area (Å²) in [4.78, 5) is 21.6. The highest BCUT2D eigenvalue weighted by Crippen LogP contribution is 2.10. The van der Waals surface area contributed by atoms with Gasteiger partial charge in [-0.2, -0.15) is 0 Å². The highest BCUT2D eigenvalue weighted by atomic mass is 16.5. The topological polar surface area (TPSA) is 81.4 Å². The molecule has 0 unspecified atom stereocenters. The molecule has 0 spiro atoms. The summed E-state index contributed by atoms with van der Waals surface area (Å²) in [6.07, 6.45) is -0.591. The first-order valence-corrected chi connectivity index (χ1v) is 3.88. The van der Waals surface area contributed by atoms with Crippen LogP contribution in [0.1, 0.15) is 10.4 Å². The minimum atomic E-state index is -0.591. The molecular weight excluding hydrogens is 184 g/mol. The molecule has 5 heteroatoms. The molecule has 0 aliphatic rings. The minimum absolute atomic E-state index is 0.332. The normalized spacial score (nSPS) is 9.21. The van der Waals surface area contributed by atoms with Gasteiger partial charge in [0.1, 0.15) is 0 Å². The summed E-state index contributed by atoms with van der Waals surface area (Å²) >= 11 is 0. The smallest absolute Gasteiger partial charge is 0.411 e. The lowest BCUT2D eigenvalue weighted by molar-refractivity contribution is 0.1000. The molecule has 5 nitrogen and oxygen atoms in total. The third-order valence-corrected chi connectivity index (χ3v) is 1.58. The van der Waals surface area contributed by atoms with Gasteiger partial charge < -0.3 is 10.5 Å². The van der Waals surface area contributed by atoms with Crippen LogP contribution in [0, 0.1) is 0 Å². The van der Waals surface area contributed by atoms with Crippen LogP contribution in [0.2, 0.25) is 0 Å². The predicted octanol–water partition coefficient (Wildman–Crippen LogP) is 0.964. The number of ether oxygens (including phenoxy) is 1. The number of amides is 2. The van der Waals surface area contributed by atoms with E-state index >= 15 is 0 Å². The molecule has 0 atom stereocenters. The van der Waals surface area contributed by atoms with Gasteiger partial charge in [0.15, 0.2) is 0 Å². The maximum atomic E-state index is 10.8. The third-order valence-electron chi connectivity index (χ3n) is 1.58. The summed E-state index contributed by atoms with van der Waals surface area (Å²) in [5, 5.41) is 2.42. The maximum absolute atomic E-state index is 10.8. The van der Waals surface area contributed by atoms with Crippen LogP contribution in [0.3, 0.4) is 0 Å². The fourth-order valence-corrected chi connectivity index (χ4v) is 0.919. The number of carbonyl (C=O) groups excluding carboxylic acids is 2. The molecule has 1 aromatic carbocycles. The van der Waals surface area contributed by atoms with Crippen LogP contribution in [0.4, 0.5) is 10.5 Å². The molecule has 0 bridgehead atoms. The van der Waals surface area contributed by atoms with Gasteiger partial charge in [-0.25, -0.2) is 4.79 Å². The lowest BCUT2D eigenvalue weighted by Gasteiger charge is -2.03. The number of rotatable bonds is 2. The molecule has 0 aromatic heterocycles. The Hall–Kier alpha value is -2.04. The minimum Gasteiger partial charge on any atom is -0.453 e. The first-order valence-electron chi connectivity index (χ1n) is 3.88. The highest BCUT2D eigenvalue weighted by molar-refractivity contribution is 5.95. The van der Waals surface area contributed by atoms with Gasteiger partial charge in [0.05, 0.1) is 7.11 Å². The zero-order valence-corrected chi connectivity index (χ0v) is 7.61.